The predicted molar refractivity (Wildman–Crippen MR) is 76.3 cm³/mol. The van der Waals surface area contributed by atoms with Crippen molar-refractivity contribution >= 4 is 11.3 Å². The zero-order chi connectivity index (χ0) is 15.7. The van der Waals surface area contributed by atoms with E-state index < -0.39 is 16.8 Å². The molecule has 1 aliphatic carbocycles. The first-order chi connectivity index (χ1) is 9.82. The van der Waals surface area contributed by atoms with Crippen molar-refractivity contribution in [2.45, 2.75) is 50.4 Å². The topological polar surface area (TPSA) is 34.2 Å². The molecular formula is C14H21F3N2OS. The number of methoxy groups -OCH3 is 1. The summed E-state index contributed by atoms with van der Waals surface area (Å²) in [5.41, 5.74) is -0.448. The standard InChI is InChI=1S/C14H21F3N2OS/c1-9-4-6-13(20-3,7-5-9)11(18-2)10-8-19-12(21-10)14(15,16)17/h8-9,11,18H,4-7H2,1-3H3. The van der Waals surface area contributed by atoms with Gasteiger partial charge in [0.1, 0.15) is 0 Å². The molecule has 3 nitrogen and oxygen atoms in total. The quantitative estimate of drug-likeness (QED) is 0.909. The molecule has 0 bridgehead atoms. The third-order valence-electron chi connectivity index (χ3n) is 4.39. The molecule has 1 N–H and O–H groups in total. The van der Waals surface area contributed by atoms with Gasteiger partial charge in [0.05, 0.1) is 11.6 Å². The number of nitrogens with zero attached hydrogens (tertiary/aromatic N) is 1. The van der Waals surface area contributed by atoms with Crippen LogP contribution in [0.2, 0.25) is 0 Å². The van der Waals surface area contributed by atoms with Gasteiger partial charge in [-0.05, 0) is 38.6 Å². The fourth-order valence-corrected chi connectivity index (χ4v) is 4.08. The fourth-order valence-electron chi connectivity index (χ4n) is 3.08. The summed E-state index contributed by atoms with van der Waals surface area (Å²) in [5.74, 6) is 0.637. The Hall–Kier alpha value is -0.660. The van der Waals surface area contributed by atoms with Crippen molar-refractivity contribution in [2.24, 2.45) is 5.92 Å². The molecule has 1 fully saturated rings. The van der Waals surface area contributed by atoms with Crippen LogP contribution in [0.1, 0.15) is 48.5 Å². The first-order valence-electron chi connectivity index (χ1n) is 7.08. The number of halogens is 3. The molecule has 1 aromatic rings. The van der Waals surface area contributed by atoms with E-state index in [0.29, 0.717) is 22.1 Å². The Morgan fingerprint density at radius 2 is 2.05 bits per heavy atom. The molecule has 1 aliphatic rings. The second-order valence-corrected chi connectivity index (χ2v) is 6.80. The summed E-state index contributed by atoms with van der Waals surface area (Å²) < 4.78 is 44.0. The predicted octanol–water partition coefficient (Wildman–Crippen LogP) is 4.02. The molecule has 0 amide bonds. The summed E-state index contributed by atoms with van der Waals surface area (Å²) in [5, 5.41) is 2.34. The van der Waals surface area contributed by atoms with Gasteiger partial charge >= 0.3 is 6.18 Å². The van der Waals surface area contributed by atoms with Gasteiger partial charge in [-0.1, -0.05) is 6.92 Å². The first kappa shape index (κ1) is 16.7. The van der Waals surface area contributed by atoms with Crippen LogP contribution in [-0.4, -0.2) is 24.7 Å². The molecule has 0 spiro atoms. The molecular weight excluding hydrogens is 301 g/mol. The van der Waals surface area contributed by atoms with E-state index in [1.807, 2.05) is 0 Å². The average molecular weight is 322 g/mol. The van der Waals surface area contributed by atoms with Crippen molar-refractivity contribution in [3.63, 3.8) is 0 Å². The van der Waals surface area contributed by atoms with Crippen LogP contribution in [0.15, 0.2) is 6.20 Å². The summed E-state index contributed by atoms with van der Waals surface area (Å²) in [7, 11) is 3.41. The SMILES string of the molecule is CNC(c1cnc(C(F)(F)F)s1)C1(OC)CCC(C)CC1. The minimum atomic E-state index is -4.39. The van der Waals surface area contributed by atoms with Crippen molar-refractivity contribution in [2.75, 3.05) is 14.2 Å². The van der Waals surface area contributed by atoms with Gasteiger partial charge in [-0.2, -0.15) is 13.2 Å². The number of alkyl halides is 3. The fraction of sp³-hybridized carbons (Fsp3) is 0.786. The molecule has 7 heteroatoms. The smallest absolute Gasteiger partial charge is 0.376 e. The van der Waals surface area contributed by atoms with Gasteiger partial charge in [0.15, 0.2) is 5.01 Å². The molecule has 1 aromatic heterocycles. The number of hydrogen-bond donors (Lipinski definition) is 1. The van der Waals surface area contributed by atoms with Crippen molar-refractivity contribution in [3.05, 3.63) is 16.1 Å². The zero-order valence-corrected chi connectivity index (χ0v) is 13.3. The maximum absolute atomic E-state index is 12.7. The van der Waals surface area contributed by atoms with E-state index in [1.54, 1.807) is 14.2 Å². The Kier molecular flexibility index (Phi) is 4.95. The van der Waals surface area contributed by atoms with Gasteiger partial charge in [-0.3, -0.25) is 0 Å². The molecule has 0 radical (unpaired) electrons. The molecule has 1 saturated carbocycles. The lowest BCUT2D eigenvalue weighted by Gasteiger charge is -2.43. The lowest BCUT2D eigenvalue weighted by atomic mass is 9.75. The first-order valence-corrected chi connectivity index (χ1v) is 7.89. The van der Waals surface area contributed by atoms with Gasteiger partial charge in [0, 0.05) is 18.2 Å². The van der Waals surface area contributed by atoms with E-state index in [0.717, 1.165) is 25.7 Å². The third-order valence-corrected chi connectivity index (χ3v) is 5.50. The average Bonchev–Trinajstić information content (AvgIpc) is 2.91. The second-order valence-electron chi connectivity index (χ2n) is 5.74. The van der Waals surface area contributed by atoms with E-state index in [1.165, 1.54) is 6.20 Å². The number of thiazole rings is 1. The van der Waals surface area contributed by atoms with Gasteiger partial charge < -0.3 is 10.1 Å². The van der Waals surface area contributed by atoms with E-state index in [9.17, 15) is 13.2 Å². The van der Waals surface area contributed by atoms with Crippen molar-refractivity contribution < 1.29 is 17.9 Å². The van der Waals surface area contributed by atoms with E-state index >= 15 is 0 Å². The van der Waals surface area contributed by atoms with Gasteiger partial charge in [0.2, 0.25) is 0 Å². The van der Waals surface area contributed by atoms with E-state index in [4.69, 9.17) is 4.74 Å². The number of hydrogen-bond acceptors (Lipinski definition) is 4. The van der Waals surface area contributed by atoms with Crippen LogP contribution >= 0.6 is 11.3 Å². The lowest BCUT2D eigenvalue weighted by Crippen LogP contribution is -2.46. The highest BCUT2D eigenvalue weighted by Crippen LogP contribution is 2.45. The molecule has 0 aliphatic heterocycles. The minimum Gasteiger partial charge on any atom is -0.376 e. The molecule has 1 unspecified atom stereocenters. The monoisotopic (exact) mass is 322 g/mol. The van der Waals surface area contributed by atoms with Crippen LogP contribution in [0.3, 0.4) is 0 Å². The number of ether oxygens (including phenoxy) is 1. The summed E-state index contributed by atoms with van der Waals surface area (Å²) in [4.78, 5) is 4.11. The van der Waals surface area contributed by atoms with Crippen LogP contribution in [0.5, 0.6) is 0 Å². The van der Waals surface area contributed by atoms with Gasteiger partial charge in [0.25, 0.3) is 0 Å². The number of nitrogens with one attached hydrogen (secondary N) is 1. The molecule has 120 valence electrons. The molecule has 1 atom stereocenters. The van der Waals surface area contributed by atoms with E-state index in [2.05, 4.69) is 17.2 Å². The summed E-state index contributed by atoms with van der Waals surface area (Å²) in [6.45, 7) is 2.20. The third kappa shape index (κ3) is 3.40. The number of aromatic nitrogens is 1. The highest BCUT2D eigenvalue weighted by atomic mass is 32.1. The normalized spacial score (nSPS) is 28.6. The highest BCUT2D eigenvalue weighted by molar-refractivity contribution is 7.11. The Balaban J connectivity index is 2.27. The van der Waals surface area contributed by atoms with E-state index in [-0.39, 0.29) is 6.04 Å². The molecule has 1 heterocycles. The Labute approximate surface area is 126 Å². The van der Waals surface area contributed by atoms with Crippen molar-refractivity contribution in [3.8, 4) is 0 Å². The highest BCUT2D eigenvalue weighted by Gasteiger charge is 2.44. The summed E-state index contributed by atoms with van der Waals surface area (Å²) in [6, 6.07) is -0.261. The van der Waals surface area contributed by atoms with Gasteiger partial charge in [-0.15, -0.1) is 11.3 Å². The number of rotatable bonds is 4. The van der Waals surface area contributed by atoms with Crippen molar-refractivity contribution in [1.29, 1.82) is 0 Å². The Morgan fingerprint density at radius 1 is 1.43 bits per heavy atom. The second kappa shape index (κ2) is 6.22. The largest absolute Gasteiger partial charge is 0.443 e. The minimum absolute atomic E-state index is 0.261. The molecule has 0 saturated heterocycles. The summed E-state index contributed by atoms with van der Waals surface area (Å²) >= 11 is 0.702. The molecule has 0 aromatic carbocycles. The number of likely N-dealkylation sites (N-methyl/N-ethyl adjacent to an activating group) is 1. The Morgan fingerprint density at radius 3 is 2.48 bits per heavy atom. The van der Waals surface area contributed by atoms with Crippen LogP contribution in [0.4, 0.5) is 13.2 Å². The lowest BCUT2D eigenvalue weighted by molar-refractivity contribution is -0.137. The maximum atomic E-state index is 12.7. The zero-order valence-electron chi connectivity index (χ0n) is 12.5. The van der Waals surface area contributed by atoms with Crippen LogP contribution in [0, 0.1) is 5.92 Å². The maximum Gasteiger partial charge on any atom is 0.443 e. The summed E-state index contributed by atoms with van der Waals surface area (Å²) in [6.07, 6.45) is 0.675. The Bertz CT molecular complexity index is 467. The molecule has 2 rings (SSSR count). The molecule has 21 heavy (non-hydrogen) atoms. The van der Waals surface area contributed by atoms with Crippen LogP contribution in [-0.2, 0) is 10.9 Å². The van der Waals surface area contributed by atoms with Crippen molar-refractivity contribution in [1.82, 2.24) is 10.3 Å². The van der Waals surface area contributed by atoms with Gasteiger partial charge in [-0.25, -0.2) is 4.98 Å². The van der Waals surface area contributed by atoms with Crippen LogP contribution < -0.4 is 5.32 Å². The van der Waals surface area contributed by atoms with Crippen LogP contribution in [0.25, 0.3) is 0 Å².